The van der Waals surface area contributed by atoms with Gasteiger partial charge in [-0.1, -0.05) is 60.7 Å². The minimum absolute atomic E-state index is 0.311. The monoisotopic (exact) mass is 348 g/mol. The van der Waals surface area contributed by atoms with Crippen LogP contribution in [0.2, 0.25) is 0 Å². The minimum Gasteiger partial charge on any atom is -0.377 e. The van der Waals surface area contributed by atoms with Crippen LogP contribution in [0.1, 0.15) is 24.1 Å². The maximum absolute atomic E-state index is 5.87. The molecule has 1 unspecified atom stereocenters. The Morgan fingerprint density at radius 3 is 2.46 bits per heavy atom. The van der Waals surface area contributed by atoms with E-state index in [4.69, 9.17) is 4.74 Å². The lowest BCUT2D eigenvalue weighted by molar-refractivity contribution is 0.0675. The van der Waals surface area contributed by atoms with Gasteiger partial charge in [-0.2, -0.15) is 15.4 Å². The van der Waals surface area contributed by atoms with Crippen LogP contribution in [0.5, 0.6) is 0 Å². The number of ether oxygens (including phenoxy) is 1. The molecule has 1 aromatic heterocycles. The fourth-order valence-electron chi connectivity index (χ4n) is 3.50. The molecule has 4 rings (SSSR count). The van der Waals surface area contributed by atoms with Gasteiger partial charge in [0.05, 0.1) is 6.10 Å². The molecule has 26 heavy (non-hydrogen) atoms. The second-order valence-electron chi connectivity index (χ2n) is 6.78. The number of hydrogen-bond acceptors (Lipinski definition) is 4. The summed E-state index contributed by atoms with van der Waals surface area (Å²) in [6.07, 6.45) is 2.60. The molecule has 2 heterocycles. The van der Waals surface area contributed by atoms with Gasteiger partial charge in [-0.05, 0) is 18.4 Å². The van der Waals surface area contributed by atoms with E-state index in [9.17, 15) is 0 Å². The van der Waals surface area contributed by atoms with Gasteiger partial charge in [-0.3, -0.25) is 4.90 Å². The van der Waals surface area contributed by atoms with E-state index < -0.39 is 0 Å². The summed E-state index contributed by atoms with van der Waals surface area (Å²) in [6, 6.07) is 20.8. The number of benzene rings is 2. The standard InChI is InChI=1S/C21H24N4O/c1-3-8-17(9-4-1)14-25(15-19-12-7-13-26-19)16-20-21(23-24-22-20)18-10-5-2-6-11-18/h1-6,8-11,19H,7,12-16H2,(H,22,23,24). The second kappa shape index (κ2) is 8.25. The third kappa shape index (κ3) is 4.18. The Morgan fingerprint density at radius 2 is 1.73 bits per heavy atom. The molecular formula is C21H24N4O. The number of H-pyrrole nitrogens is 1. The van der Waals surface area contributed by atoms with Gasteiger partial charge in [0, 0.05) is 31.8 Å². The number of nitrogens with one attached hydrogen (secondary N) is 1. The van der Waals surface area contributed by atoms with Crippen LogP contribution in [-0.2, 0) is 17.8 Å². The van der Waals surface area contributed by atoms with E-state index in [1.54, 1.807) is 0 Å². The van der Waals surface area contributed by atoms with Gasteiger partial charge < -0.3 is 4.74 Å². The molecule has 5 nitrogen and oxygen atoms in total. The fourth-order valence-corrected chi connectivity index (χ4v) is 3.50. The number of aromatic amines is 1. The van der Waals surface area contributed by atoms with Gasteiger partial charge in [-0.25, -0.2) is 0 Å². The first-order valence-electron chi connectivity index (χ1n) is 9.21. The molecule has 5 heteroatoms. The average Bonchev–Trinajstić information content (AvgIpc) is 3.35. The normalized spacial score (nSPS) is 17.0. The van der Waals surface area contributed by atoms with Crippen molar-refractivity contribution in [1.29, 1.82) is 0 Å². The van der Waals surface area contributed by atoms with Gasteiger partial charge in [0.2, 0.25) is 0 Å². The predicted molar refractivity (Wildman–Crippen MR) is 101 cm³/mol. The highest BCUT2D eigenvalue weighted by molar-refractivity contribution is 5.60. The molecule has 3 aromatic rings. The maximum atomic E-state index is 5.87. The van der Waals surface area contributed by atoms with Gasteiger partial charge in [0.15, 0.2) is 0 Å². The Bertz CT molecular complexity index is 797. The Kier molecular flexibility index (Phi) is 5.38. The smallest absolute Gasteiger partial charge is 0.117 e. The minimum atomic E-state index is 0.311. The van der Waals surface area contributed by atoms with Crippen molar-refractivity contribution in [2.24, 2.45) is 0 Å². The third-order valence-electron chi connectivity index (χ3n) is 4.78. The Labute approximate surface area is 154 Å². The molecule has 1 fully saturated rings. The highest BCUT2D eigenvalue weighted by Crippen LogP contribution is 2.22. The van der Waals surface area contributed by atoms with Crippen LogP contribution in [0.4, 0.5) is 0 Å². The second-order valence-corrected chi connectivity index (χ2v) is 6.78. The molecule has 0 radical (unpaired) electrons. The molecule has 1 saturated heterocycles. The molecule has 1 aliphatic heterocycles. The Hall–Kier alpha value is -2.50. The van der Waals surface area contributed by atoms with Crippen molar-refractivity contribution in [3.63, 3.8) is 0 Å². The molecule has 0 spiro atoms. The first-order chi connectivity index (χ1) is 12.9. The molecule has 0 saturated carbocycles. The van der Waals surface area contributed by atoms with Crippen molar-refractivity contribution in [3.05, 3.63) is 71.9 Å². The summed E-state index contributed by atoms with van der Waals surface area (Å²) in [6.45, 7) is 3.41. The van der Waals surface area contributed by atoms with Crippen LogP contribution in [0, 0.1) is 0 Å². The topological polar surface area (TPSA) is 54.0 Å². The number of hydrogen-bond donors (Lipinski definition) is 1. The molecular weight excluding hydrogens is 324 g/mol. The third-order valence-corrected chi connectivity index (χ3v) is 4.78. The van der Waals surface area contributed by atoms with Crippen molar-refractivity contribution in [1.82, 2.24) is 20.3 Å². The van der Waals surface area contributed by atoms with Crippen molar-refractivity contribution in [2.75, 3.05) is 13.2 Å². The summed E-state index contributed by atoms with van der Waals surface area (Å²) in [4.78, 5) is 2.41. The number of aromatic nitrogens is 3. The van der Waals surface area contributed by atoms with Crippen LogP contribution in [0.25, 0.3) is 11.3 Å². The summed E-state index contributed by atoms with van der Waals surface area (Å²) in [5.41, 5.74) is 4.30. The largest absolute Gasteiger partial charge is 0.377 e. The van der Waals surface area contributed by atoms with Crippen molar-refractivity contribution in [3.8, 4) is 11.3 Å². The first kappa shape index (κ1) is 16.9. The molecule has 2 aromatic carbocycles. The molecule has 1 aliphatic rings. The molecule has 134 valence electrons. The zero-order valence-corrected chi connectivity index (χ0v) is 14.8. The molecule has 1 N–H and O–H groups in total. The Morgan fingerprint density at radius 1 is 0.962 bits per heavy atom. The molecule has 0 aliphatic carbocycles. The van der Waals surface area contributed by atoms with Crippen molar-refractivity contribution < 1.29 is 4.74 Å². The number of rotatable bonds is 7. The lowest BCUT2D eigenvalue weighted by Gasteiger charge is -2.24. The lowest BCUT2D eigenvalue weighted by Crippen LogP contribution is -2.31. The van der Waals surface area contributed by atoms with Gasteiger partial charge >= 0.3 is 0 Å². The summed E-state index contributed by atoms with van der Waals surface area (Å²) in [7, 11) is 0. The maximum Gasteiger partial charge on any atom is 0.117 e. The van der Waals surface area contributed by atoms with E-state index in [0.717, 1.165) is 56.0 Å². The van der Waals surface area contributed by atoms with Crippen molar-refractivity contribution in [2.45, 2.75) is 32.0 Å². The van der Waals surface area contributed by atoms with E-state index in [1.165, 1.54) is 5.56 Å². The molecule has 1 atom stereocenters. The number of nitrogens with zero attached hydrogens (tertiary/aromatic N) is 3. The SMILES string of the molecule is c1ccc(CN(Cc2n[nH]nc2-c2ccccc2)CC2CCCO2)cc1. The quantitative estimate of drug-likeness (QED) is 0.708. The fraction of sp³-hybridized carbons (Fsp3) is 0.333. The van der Waals surface area contributed by atoms with E-state index in [2.05, 4.69) is 62.8 Å². The van der Waals surface area contributed by atoms with Crippen LogP contribution in [0.15, 0.2) is 60.7 Å². The van der Waals surface area contributed by atoms with E-state index in [-0.39, 0.29) is 0 Å². The highest BCUT2D eigenvalue weighted by Gasteiger charge is 2.21. The van der Waals surface area contributed by atoms with E-state index in [0.29, 0.717) is 6.10 Å². The molecule has 0 bridgehead atoms. The summed E-state index contributed by atoms with van der Waals surface area (Å²) in [5, 5.41) is 11.6. The molecule has 0 amide bonds. The average molecular weight is 348 g/mol. The zero-order chi connectivity index (χ0) is 17.6. The van der Waals surface area contributed by atoms with Crippen LogP contribution in [0.3, 0.4) is 0 Å². The summed E-state index contributed by atoms with van der Waals surface area (Å²) in [5.74, 6) is 0. The highest BCUT2D eigenvalue weighted by atomic mass is 16.5. The lowest BCUT2D eigenvalue weighted by atomic mass is 10.1. The first-order valence-corrected chi connectivity index (χ1v) is 9.21. The van der Waals surface area contributed by atoms with Crippen LogP contribution < -0.4 is 0 Å². The van der Waals surface area contributed by atoms with Gasteiger partial charge in [-0.15, -0.1) is 0 Å². The summed E-state index contributed by atoms with van der Waals surface area (Å²) < 4.78 is 5.87. The van der Waals surface area contributed by atoms with E-state index >= 15 is 0 Å². The van der Waals surface area contributed by atoms with Gasteiger partial charge in [0.25, 0.3) is 0 Å². The van der Waals surface area contributed by atoms with Crippen LogP contribution >= 0.6 is 0 Å². The van der Waals surface area contributed by atoms with Gasteiger partial charge in [0.1, 0.15) is 11.4 Å². The van der Waals surface area contributed by atoms with Crippen LogP contribution in [-0.4, -0.2) is 39.6 Å². The summed E-state index contributed by atoms with van der Waals surface area (Å²) >= 11 is 0. The van der Waals surface area contributed by atoms with Crippen molar-refractivity contribution >= 4 is 0 Å². The van der Waals surface area contributed by atoms with E-state index in [1.807, 2.05) is 18.2 Å². The Balaban J connectivity index is 1.53. The predicted octanol–water partition coefficient (Wildman–Crippen LogP) is 3.65. The zero-order valence-electron chi connectivity index (χ0n) is 14.8.